The summed E-state index contributed by atoms with van der Waals surface area (Å²) in [5.74, 6) is 0.491. The number of phenols is 2. The lowest BCUT2D eigenvalue weighted by atomic mass is 9.82. The van der Waals surface area contributed by atoms with Crippen LogP contribution in [0, 0.1) is 0 Å². The van der Waals surface area contributed by atoms with E-state index in [9.17, 15) is 10.2 Å². The van der Waals surface area contributed by atoms with Crippen molar-refractivity contribution in [2.24, 2.45) is 0 Å². The fourth-order valence-corrected chi connectivity index (χ4v) is 6.66. The maximum atomic E-state index is 10.3. The minimum Gasteiger partial charge on any atom is -0.508 e. The quantitative estimate of drug-likeness (QED) is 0.188. The zero-order valence-electron chi connectivity index (χ0n) is 20.5. The molecule has 0 saturated heterocycles. The van der Waals surface area contributed by atoms with Crippen molar-refractivity contribution in [2.45, 2.75) is 10.7 Å². The predicted molar refractivity (Wildman–Crippen MR) is 166 cm³/mol. The molecule has 6 aromatic carbocycles. The lowest BCUT2D eigenvalue weighted by Gasteiger charge is -2.23. The van der Waals surface area contributed by atoms with Gasteiger partial charge >= 0.3 is 0 Å². The Labute approximate surface area is 238 Å². The molecule has 0 unspecified atom stereocenters. The smallest absolute Gasteiger partial charge is 0.116 e. The minimum absolute atomic E-state index is 0.246. The Kier molecular flexibility index (Phi) is 6.69. The first-order valence-corrected chi connectivity index (χ1v) is 14.6. The topological polar surface area (TPSA) is 40.5 Å². The molecule has 0 heterocycles. The highest BCUT2D eigenvalue weighted by atomic mass is 79.9. The SMILES string of the molecule is Oc1cccc(-c2cc3ccccc3c(-c3c(CBr)c(-c4cccc(O)c4)cc4ccccc34)c2CBr)c1. The van der Waals surface area contributed by atoms with Crippen LogP contribution in [-0.2, 0) is 10.7 Å². The van der Waals surface area contributed by atoms with Crippen molar-refractivity contribution in [2.75, 3.05) is 0 Å². The van der Waals surface area contributed by atoms with Crippen molar-refractivity contribution >= 4 is 53.4 Å². The molecule has 0 aliphatic rings. The summed E-state index contributed by atoms with van der Waals surface area (Å²) >= 11 is 7.67. The molecule has 186 valence electrons. The van der Waals surface area contributed by atoms with Gasteiger partial charge in [0.25, 0.3) is 0 Å². The molecule has 0 radical (unpaired) electrons. The summed E-state index contributed by atoms with van der Waals surface area (Å²) in [6.45, 7) is 0. The third-order valence-corrected chi connectivity index (χ3v) is 8.27. The van der Waals surface area contributed by atoms with Crippen LogP contribution >= 0.6 is 31.9 Å². The second kappa shape index (κ2) is 10.3. The van der Waals surface area contributed by atoms with Gasteiger partial charge in [-0.05, 0) is 102 Å². The summed E-state index contributed by atoms with van der Waals surface area (Å²) in [6.07, 6.45) is 0. The van der Waals surface area contributed by atoms with E-state index in [0.29, 0.717) is 10.7 Å². The maximum absolute atomic E-state index is 10.3. The molecular weight excluding hydrogens is 600 g/mol. The lowest BCUT2D eigenvalue weighted by molar-refractivity contribution is 0.475. The highest BCUT2D eigenvalue weighted by Crippen LogP contribution is 2.47. The van der Waals surface area contributed by atoms with Gasteiger partial charge in [0.1, 0.15) is 11.5 Å². The van der Waals surface area contributed by atoms with E-state index in [2.05, 4.69) is 92.5 Å². The molecule has 0 spiro atoms. The molecule has 2 N–H and O–H groups in total. The summed E-state index contributed by atoms with van der Waals surface area (Å²) in [6, 6.07) is 36.4. The first-order chi connectivity index (χ1) is 18.6. The largest absolute Gasteiger partial charge is 0.508 e. The molecule has 0 aromatic heterocycles. The molecule has 6 rings (SSSR count). The van der Waals surface area contributed by atoms with Gasteiger partial charge < -0.3 is 10.2 Å². The minimum atomic E-state index is 0.246. The Morgan fingerprint density at radius 2 is 0.895 bits per heavy atom. The zero-order chi connectivity index (χ0) is 26.2. The second-order valence-electron chi connectivity index (χ2n) is 9.37. The third kappa shape index (κ3) is 4.28. The fourth-order valence-electron chi connectivity index (χ4n) is 5.49. The van der Waals surface area contributed by atoms with Crippen LogP contribution in [0.1, 0.15) is 11.1 Å². The average molecular weight is 624 g/mol. The molecule has 38 heavy (non-hydrogen) atoms. The maximum Gasteiger partial charge on any atom is 0.116 e. The molecule has 0 aliphatic carbocycles. The molecule has 4 heteroatoms. The summed E-state index contributed by atoms with van der Waals surface area (Å²) in [5.41, 5.74) is 8.78. The van der Waals surface area contributed by atoms with Crippen LogP contribution in [0.3, 0.4) is 0 Å². The zero-order valence-corrected chi connectivity index (χ0v) is 23.6. The second-order valence-corrected chi connectivity index (χ2v) is 10.5. The van der Waals surface area contributed by atoms with E-state index in [1.165, 1.54) is 21.9 Å². The molecular formula is C34H24Br2O2. The Hall–Kier alpha value is -3.60. The van der Waals surface area contributed by atoms with Crippen LogP contribution in [0.5, 0.6) is 11.5 Å². The molecule has 0 atom stereocenters. The van der Waals surface area contributed by atoms with Gasteiger partial charge in [0.2, 0.25) is 0 Å². The Bertz CT molecular complexity index is 1690. The summed E-state index contributed by atoms with van der Waals surface area (Å²) < 4.78 is 0. The molecule has 0 fully saturated rings. The van der Waals surface area contributed by atoms with Crippen LogP contribution in [0.4, 0.5) is 0 Å². The molecule has 2 nitrogen and oxygen atoms in total. The first-order valence-electron chi connectivity index (χ1n) is 12.4. The van der Waals surface area contributed by atoms with Gasteiger partial charge in [-0.2, -0.15) is 0 Å². The van der Waals surface area contributed by atoms with Crippen LogP contribution in [0.25, 0.3) is 54.9 Å². The van der Waals surface area contributed by atoms with Crippen LogP contribution in [-0.4, -0.2) is 10.2 Å². The van der Waals surface area contributed by atoms with Crippen molar-refractivity contribution < 1.29 is 10.2 Å². The number of rotatable bonds is 5. The summed E-state index contributed by atoms with van der Waals surface area (Å²) in [7, 11) is 0. The Balaban J connectivity index is 1.81. The lowest BCUT2D eigenvalue weighted by Crippen LogP contribution is -2.00. The van der Waals surface area contributed by atoms with Gasteiger partial charge in [0.15, 0.2) is 0 Å². The molecule has 6 aromatic rings. The van der Waals surface area contributed by atoms with E-state index in [0.717, 1.165) is 44.2 Å². The molecule has 0 bridgehead atoms. The average Bonchev–Trinajstić information content (AvgIpc) is 2.95. The van der Waals surface area contributed by atoms with Crippen LogP contribution < -0.4 is 0 Å². The number of phenolic OH excluding ortho intramolecular Hbond substituents is 2. The first kappa shape index (κ1) is 24.7. The molecule has 0 aliphatic heterocycles. The van der Waals surface area contributed by atoms with Crippen LogP contribution in [0.15, 0.2) is 109 Å². The van der Waals surface area contributed by atoms with Crippen molar-refractivity contribution in [3.8, 4) is 44.9 Å². The van der Waals surface area contributed by atoms with E-state index in [-0.39, 0.29) is 11.5 Å². The number of halogens is 2. The van der Waals surface area contributed by atoms with Crippen LogP contribution in [0.2, 0.25) is 0 Å². The fraction of sp³-hybridized carbons (Fsp3) is 0.0588. The van der Waals surface area contributed by atoms with Gasteiger partial charge in [0, 0.05) is 10.7 Å². The highest BCUT2D eigenvalue weighted by molar-refractivity contribution is 9.08. The van der Waals surface area contributed by atoms with Gasteiger partial charge in [-0.15, -0.1) is 0 Å². The van der Waals surface area contributed by atoms with E-state index < -0.39 is 0 Å². The van der Waals surface area contributed by atoms with Gasteiger partial charge in [0.05, 0.1) is 0 Å². The summed E-state index contributed by atoms with van der Waals surface area (Å²) in [5, 5.41) is 26.5. The van der Waals surface area contributed by atoms with Crippen molar-refractivity contribution in [1.82, 2.24) is 0 Å². The number of hydrogen-bond donors (Lipinski definition) is 2. The number of hydrogen-bond acceptors (Lipinski definition) is 2. The standard InChI is InChI=1S/C34H24Br2O2/c35-19-31-29(21-9-5-11-25(37)15-21)17-23-7-1-3-13-27(23)33(31)34-28-14-4-2-8-24(28)18-30(32(34)20-36)22-10-6-12-26(38)16-22/h1-18,37-38H,19-20H2. The van der Waals surface area contributed by atoms with Gasteiger partial charge in [-0.25, -0.2) is 0 Å². The van der Waals surface area contributed by atoms with Gasteiger partial charge in [-0.1, -0.05) is 105 Å². The highest BCUT2D eigenvalue weighted by Gasteiger charge is 2.22. The number of benzene rings is 6. The third-order valence-electron chi connectivity index (χ3n) is 7.15. The number of fused-ring (bicyclic) bond motifs is 2. The Morgan fingerprint density at radius 3 is 1.29 bits per heavy atom. The van der Waals surface area contributed by atoms with Gasteiger partial charge in [-0.3, -0.25) is 0 Å². The molecule has 0 saturated carbocycles. The monoisotopic (exact) mass is 622 g/mol. The Morgan fingerprint density at radius 1 is 0.474 bits per heavy atom. The van der Waals surface area contributed by atoms with E-state index in [1.807, 2.05) is 36.4 Å². The van der Waals surface area contributed by atoms with Crippen molar-refractivity contribution in [3.63, 3.8) is 0 Å². The van der Waals surface area contributed by atoms with E-state index in [4.69, 9.17) is 0 Å². The summed E-state index contributed by atoms with van der Waals surface area (Å²) in [4.78, 5) is 0. The number of aromatic hydroxyl groups is 2. The normalized spacial score (nSPS) is 11.3. The van der Waals surface area contributed by atoms with E-state index in [1.54, 1.807) is 12.1 Å². The van der Waals surface area contributed by atoms with Crippen molar-refractivity contribution in [3.05, 3.63) is 120 Å². The molecule has 0 amide bonds. The number of alkyl halides is 2. The van der Waals surface area contributed by atoms with Crippen molar-refractivity contribution in [1.29, 1.82) is 0 Å². The van der Waals surface area contributed by atoms with E-state index >= 15 is 0 Å². The predicted octanol–water partition coefficient (Wildman–Crippen LogP) is 10.2.